The summed E-state index contributed by atoms with van der Waals surface area (Å²) >= 11 is 0. The van der Waals surface area contributed by atoms with Gasteiger partial charge in [0, 0.05) is 74.3 Å². The average Bonchev–Trinajstić information content (AvgIpc) is 3.88. The average molecular weight is 794 g/mol. The summed E-state index contributed by atoms with van der Waals surface area (Å²) in [5.41, 5.74) is 17.2. The molecule has 0 saturated carbocycles. The quantitative estimate of drug-likeness (QED) is 0.161. The van der Waals surface area contributed by atoms with Gasteiger partial charge in [0.15, 0.2) is 0 Å². The lowest BCUT2D eigenvalue weighted by Gasteiger charge is -2.11. The van der Waals surface area contributed by atoms with Crippen molar-refractivity contribution in [2.45, 2.75) is 0 Å². The highest BCUT2D eigenvalue weighted by Crippen LogP contribution is 2.43. The molecule has 6 aromatic carbocycles. The number of nitrogens with zero attached hydrogens (tertiary/aromatic N) is 5. The van der Waals surface area contributed by atoms with E-state index in [4.69, 9.17) is 24.4 Å². The third-order valence-electron chi connectivity index (χ3n) is 11.9. The lowest BCUT2D eigenvalue weighted by molar-refractivity contribution is 0.669. The fourth-order valence-corrected chi connectivity index (χ4v) is 9.01. The van der Waals surface area contributed by atoms with Crippen molar-refractivity contribution < 1.29 is 4.42 Å². The van der Waals surface area contributed by atoms with Gasteiger partial charge in [0.2, 0.25) is 0 Å². The molecule has 0 atom stereocenters. The maximum Gasteiger partial charge on any atom is 0.136 e. The first-order valence-corrected chi connectivity index (χ1v) is 20.7. The Hall–Kier alpha value is -8.48. The molecule has 12 rings (SSSR count). The van der Waals surface area contributed by atoms with Gasteiger partial charge in [0.25, 0.3) is 0 Å². The fraction of sp³-hybridized carbons (Fsp3) is 0. The molecule has 6 nitrogen and oxygen atoms in total. The number of benzene rings is 6. The monoisotopic (exact) mass is 793 g/mol. The van der Waals surface area contributed by atoms with Gasteiger partial charge in [-0.25, -0.2) is 0 Å². The number of fused-ring (bicyclic) bond motifs is 6. The molecular formula is C56H35N5O. The van der Waals surface area contributed by atoms with Gasteiger partial charge in [-0.3, -0.25) is 19.9 Å². The summed E-state index contributed by atoms with van der Waals surface area (Å²) in [5.74, 6) is 0. The highest BCUT2D eigenvalue weighted by Gasteiger charge is 2.20. The molecule has 0 spiro atoms. The molecule has 62 heavy (non-hydrogen) atoms. The van der Waals surface area contributed by atoms with Crippen molar-refractivity contribution in [1.82, 2.24) is 24.5 Å². The molecule has 0 radical (unpaired) electrons. The molecule has 0 saturated heterocycles. The number of hydrogen-bond acceptors (Lipinski definition) is 5. The highest BCUT2D eigenvalue weighted by molar-refractivity contribution is 6.13. The van der Waals surface area contributed by atoms with E-state index in [-0.39, 0.29) is 0 Å². The first kappa shape index (κ1) is 35.5. The van der Waals surface area contributed by atoms with Gasteiger partial charge in [0.05, 0.1) is 33.8 Å². The fourth-order valence-electron chi connectivity index (χ4n) is 9.01. The summed E-state index contributed by atoms with van der Waals surface area (Å²) in [5, 5.41) is 4.35. The van der Waals surface area contributed by atoms with Crippen LogP contribution in [0.3, 0.4) is 0 Å². The summed E-state index contributed by atoms with van der Waals surface area (Å²) in [7, 11) is 0. The SMILES string of the molecule is c1ccc(-c2ccccc2-c2ccc3c(c2)c2cc(-c4ccccc4-c4ccccn4)ccc2n3-c2ccc3oc4cc(-c5ccccn5)c(-c5ccccn5)cc4c3c2)nc1. The van der Waals surface area contributed by atoms with E-state index in [0.29, 0.717) is 0 Å². The second-order valence-corrected chi connectivity index (χ2v) is 15.4. The molecule has 0 bridgehead atoms. The van der Waals surface area contributed by atoms with Crippen LogP contribution in [0.5, 0.6) is 0 Å². The topological polar surface area (TPSA) is 69.6 Å². The van der Waals surface area contributed by atoms with Crippen molar-refractivity contribution >= 4 is 43.7 Å². The summed E-state index contributed by atoms with van der Waals surface area (Å²) in [6.07, 6.45) is 7.36. The Morgan fingerprint density at radius 2 is 0.742 bits per heavy atom. The standard InChI is InChI=1S/C56H35N5O/c1-3-15-41(49-17-5-9-27-57-49)39(13-1)36-21-24-53-45(31-36)46-32-37(40-14-2-4-16-42(40)50-18-6-10-28-58-50)22-25-54(46)61(53)38-23-26-55-47(33-38)48-34-43(51-19-7-11-29-59-51)44(35-56(48)62-55)52-20-8-12-30-60-52/h1-35H. The van der Waals surface area contributed by atoms with Gasteiger partial charge in [-0.05, 0) is 125 Å². The summed E-state index contributed by atoms with van der Waals surface area (Å²) in [4.78, 5) is 18.9. The minimum atomic E-state index is 0.798. The lowest BCUT2D eigenvalue weighted by atomic mass is 9.94. The van der Waals surface area contributed by atoms with Crippen LogP contribution in [0.15, 0.2) is 217 Å². The van der Waals surface area contributed by atoms with Crippen LogP contribution in [0, 0.1) is 0 Å². The number of hydrogen-bond donors (Lipinski definition) is 0. The third kappa shape index (κ3) is 5.96. The summed E-state index contributed by atoms with van der Waals surface area (Å²) in [6.45, 7) is 0. The summed E-state index contributed by atoms with van der Waals surface area (Å²) < 4.78 is 8.99. The van der Waals surface area contributed by atoms with Crippen molar-refractivity contribution in [1.29, 1.82) is 0 Å². The molecule has 12 aromatic rings. The van der Waals surface area contributed by atoms with Gasteiger partial charge < -0.3 is 8.98 Å². The third-order valence-corrected chi connectivity index (χ3v) is 11.9. The zero-order chi connectivity index (χ0) is 41.0. The molecule has 6 aromatic heterocycles. The van der Waals surface area contributed by atoms with E-state index >= 15 is 0 Å². The van der Waals surface area contributed by atoms with Crippen LogP contribution in [0.1, 0.15) is 0 Å². The van der Waals surface area contributed by atoms with E-state index in [1.807, 2.05) is 85.5 Å². The number of aromatic nitrogens is 5. The molecule has 0 unspecified atom stereocenters. The van der Waals surface area contributed by atoms with E-state index in [2.05, 4.69) is 132 Å². The molecular weight excluding hydrogens is 759 g/mol. The minimum Gasteiger partial charge on any atom is -0.456 e. The van der Waals surface area contributed by atoms with Crippen LogP contribution < -0.4 is 0 Å². The van der Waals surface area contributed by atoms with E-state index in [1.54, 1.807) is 0 Å². The molecule has 0 fully saturated rings. The van der Waals surface area contributed by atoms with Crippen molar-refractivity contribution in [2.75, 3.05) is 0 Å². The molecule has 0 aliphatic heterocycles. The Morgan fingerprint density at radius 1 is 0.306 bits per heavy atom. The van der Waals surface area contributed by atoms with Gasteiger partial charge in [-0.2, -0.15) is 0 Å². The van der Waals surface area contributed by atoms with E-state index in [9.17, 15) is 0 Å². The van der Waals surface area contributed by atoms with Gasteiger partial charge in [-0.15, -0.1) is 0 Å². The zero-order valence-corrected chi connectivity index (χ0v) is 33.4. The largest absolute Gasteiger partial charge is 0.456 e. The number of rotatable bonds is 7. The normalized spacial score (nSPS) is 11.5. The van der Waals surface area contributed by atoms with Crippen LogP contribution in [0.4, 0.5) is 0 Å². The molecule has 0 amide bonds. The maximum atomic E-state index is 6.61. The van der Waals surface area contributed by atoms with Crippen molar-refractivity contribution in [3.05, 3.63) is 213 Å². The van der Waals surface area contributed by atoms with Crippen molar-refractivity contribution in [3.8, 4) is 73.0 Å². The van der Waals surface area contributed by atoms with E-state index in [1.165, 1.54) is 0 Å². The first-order chi connectivity index (χ1) is 30.7. The second kappa shape index (κ2) is 14.7. The molecule has 0 aliphatic carbocycles. The van der Waals surface area contributed by atoms with Crippen molar-refractivity contribution in [2.24, 2.45) is 0 Å². The predicted octanol–water partition coefficient (Wildman–Crippen LogP) is 14.3. The number of furan rings is 1. The smallest absolute Gasteiger partial charge is 0.136 e. The number of pyridine rings is 4. The summed E-state index contributed by atoms with van der Waals surface area (Å²) in [6, 6.07) is 65.7. The van der Waals surface area contributed by atoms with Gasteiger partial charge in [-0.1, -0.05) is 84.9 Å². The van der Waals surface area contributed by atoms with Gasteiger partial charge in [0.1, 0.15) is 11.2 Å². The molecule has 290 valence electrons. The Bertz CT molecular complexity index is 3480. The van der Waals surface area contributed by atoms with Crippen LogP contribution in [-0.2, 0) is 0 Å². The Kier molecular flexibility index (Phi) is 8.38. The predicted molar refractivity (Wildman–Crippen MR) is 252 cm³/mol. The zero-order valence-electron chi connectivity index (χ0n) is 33.4. The Morgan fingerprint density at radius 3 is 1.23 bits per heavy atom. The molecule has 0 N–H and O–H groups in total. The van der Waals surface area contributed by atoms with Crippen LogP contribution in [-0.4, -0.2) is 24.5 Å². The van der Waals surface area contributed by atoms with Gasteiger partial charge >= 0.3 is 0 Å². The Balaban J connectivity index is 1.09. The maximum absolute atomic E-state index is 6.61. The van der Waals surface area contributed by atoms with E-state index in [0.717, 1.165) is 117 Å². The molecule has 6 heteroatoms. The van der Waals surface area contributed by atoms with Crippen LogP contribution in [0.2, 0.25) is 0 Å². The van der Waals surface area contributed by atoms with Crippen molar-refractivity contribution in [3.63, 3.8) is 0 Å². The minimum absolute atomic E-state index is 0.798. The lowest BCUT2D eigenvalue weighted by Crippen LogP contribution is -1.94. The second-order valence-electron chi connectivity index (χ2n) is 15.4. The van der Waals surface area contributed by atoms with E-state index < -0.39 is 0 Å². The first-order valence-electron chi connectivity index (χ1n) is 20.7. The highest BCUT2D eigenvalue weighted by atomic mass is 16.3. The molecule has 6 heterocycles. The Labute approximate surface area is 357 Å². The molecule has 0 aliphatic rings. The van der Waals surface area contributed by atoms with Crippen LogP contribution in [0.25, 0.3) is 117 Å². The van der Waals surface area contributed by atoms with Crippen LogP contribution >= 0.6 is 0 Å².